The number of hydrogen-bond acceptors (Lipinski definition) is 3. The van der Waals surface area contributed by atoms with Crippen LogP contribution in [0.15, 0.2) is 36.7 Å². The van der Waals surface area contributed by atoms with Crippen molar-refractivity contribution >= 4 is 11.3 Å². The molecule has 1 aliphatic rings. The number of hydrogen-bond donors (Lipinski definition) is 0. The topological polar surface area (TPSA) is 33.4 Å². The van der Waals surface area contributed by atoms with Gasteiger partial charge < -0.3 is 4.90 Å². The van der Waals surface area contributed by atoms with Crippen molar-refractivity contribution in [1.82, 2.24) is 14.6 Å². The van der Waals surface area contributed by atoms with E-state index >= 15 is 0 Å². The summed E-state index contributed by atoms with van der Waals surface area (Å²) in [5.74, 6) is -0.226. The Labute approximate surface area is 128 Å². The fraction of sp³-hybridized carbons (Fsp3) is 0.294. The van der Waals surface area contributed by atoms with E-state index in [0.29, 0.717) is 11.3 Å². The Bertz CT molecular complexity index is 834. The van der Waals surface area contributed by atoms with Gasteiger partial charge in [0.15, 0.2) is 5.65 Å². The van der Waals surface area contributed by atoms with E-state index in [-0.39, 0.29) is 5.82 Å². The van der Waals surface area contributed by atoms with Crippen LogP contribution in [0.1, 0.15) is 18.4 Å². The average molecular weight is 296 g/mol. The minimum atomic E-state index is -0.226. The van der Waals surface area contributed by atoms with Crippen molar-refractivity contribution in [3.8, 4) is 11.3 Å². The molecular formula is C17H17FN4. The van der Waals surface area contributed by atoms with Crippen molar-refractivity contribution in [2.45, 2.75) is 19.8 Å². The smallest absolute Gasteiger partial charge is 0.158 e. The number of fused-ring (bicyclic) bond motifs is 1. The molecule has 0 atom stereocenters. The van der Waals surface area contributed by atoms with E-state index in [4.69, 9.17) is 0 Å². The van der Waals surface area contributed by atoms with Crippen LogP contribution in [0.5, 0.6) is 0 Å². The van der Waals surface area contributed by atoms with Gasteiger partial charge in [0.1, 0.15) is 11.5 Å². The normalized spacial score (nSPS) is 14.9. The molecule has 0 radical (unpaired) electrons. The van der Waals surface area contributed by atoms with E-state index < -0.39 is 0 Å². The molecule has 3 aromatic rings. The van der Waals surface area contributed by atoms with Crippen molar-refractivity contribution in [3.63, 3.8) is 0 Å². The van der Waals surface area contributed by atoms with Gasteiger partial charge in [-0.15, -0.1) is 0 Å². The number of rotatable bonds is 2. The van der Waals surface area contributed by atoms with Crippen LogP contribution in [0.2, 0.25) is 0 Å². The molecule has 22 heavy (non-hydrogen) atoms. The molecule has 5 heteroatoms. The number of aryl methyl sites for hydroxylation is 1. The van der Waals surface area contributed by atoms with Gasteiger partial charge in [-0.25, -0.2) is 13.9 Å². The summed E-state index contributed by atoms with van der Waals surface area (Å²) in [5.41, 5.74) is 3.81. The first-order valence-corrected chi connectivity index (χ1v) is 7.59. The lowest BCUT2D eigenvalue weighted by atomic mass is 10.1. The first-order chi connectivity index (χ1) is 10.7. The minimum Gasteiger partial charge on any atom is -0.371 e. The number of benzene rings is 1. The zero-order chi connectivity index (χ0) is 15.1. The summed E-state index contributed by atoms with van der Waals surface area (Å²) in [6.07, 6.45) is 5.91. The van der Waals surface area contributed by atoms with Crippen molar-refractivity contribution in [1.29, 1.82) is 0 Å². The van der Waals surface area contributed by atoms with E-state index in [0.717, 1.165) is 30.0 Å². The first kappa shape index (κ1) is 13.2. The minimum absolute atomic E-state index is 0.226. The van der Waals surface area contributed by atoms with Gasteiger partial charge >= 0.3 is 0 Å². The fourth-order valence-corrected chi connectivity index (χ4v) is 3.13. The second-order valence-electron chi connectivity index (χ2n) is 5.72. The maximum absolute atomic E-state index is 14.6. The molecule has 1 saturated heterocycles. The Morgan fingerprint density at radius 2 is 2.00 bits per heavy atom. The summed E-state index contributed by atoms with van der Waals surface area (Å²) in [6.45, 7) is 3.95. The zero-order valence-electron chi connectivity index (χ0n) is 12.5. The van der Waals surface area contributed by atoms with Gasteiger partial charge in [-0.3, -0.25) is 0 Å². The molecule has 1 aliphatic heterocycles. The highest BCUT2D eigenvalue weighted by atomic mass is 19.1. The molecular weight excluding hydrogens is 279 g/mol. The van der Waals surface area contributed by atoms with Crippen molar-refractivity contribution in [2.24, 2.45) is 0 Å². The molecule has 0 aliphatic carbocycles. The van der Waals surface area contributed by atoms with Gasteiger partial charge in [0.2, 0.25) is 0 Å². The summed E-state index contributed by atoms with van der Waals surface area (Å²) in [7, 11) is 0. The van der Waals surface area contributed by atoms with Crippen LogP contribution in [0.3, 0.4) is 0 Å². The third kappa shape index (κ3) is 2.04. The van der Waals surface area contributed by atoms with Crippen LogP contribution in [0.4, 0.5) is 10.1 Å². The summed E-state index contributed by atoms with van der Waals surface area (Å²) in [4.78, 5) is 6.53. The highest BCUT2D eigenvalue weighted by Crippen LogP contribution is 2.30. The van der Waals surface area contributed by atoms with Gasteiger partial charge in [0, 0.05) is 42.3 Å². The second kappa shape index (κ2) is 5.09. The first-order valence-electron chi connectivity index (χ1n) is 7.59. The Kier molecular flexibility index (Phi) is 3.06. The van der Waals surface area contributed by atoms with Crippen molar-refractivity contribution in [2.75, 3.05) is 18.0 Å². The lowest BCUT2D eigenvalue weighted by Gasteiger charge is -2.18. The van der Waals surface area contributed by atoms with Crippen molar-refractivity contribution in [3.05, 3.63) is 48.0 Å². The quantitative estimate of drug-likeness (QED) is 0.726. The molecule has 0 unspecified atom stereocenters. The molecule has 3 heterocycles. The fourth-order valence-electron chi connectivity index (χ4n) is 3.13. The van der Waals surface area contributed by atoms with Crippen LogP contribution in [-0.4, -0.2) is 27.7 Å². The molecule has 0 bridgehead atoms. The Morgan fingerprint density at radius 1 is 1.18 bits per heavy atom. The summed E-state index contributed by atoms with van der Waals surface area (Å²) in [5, 5.41) is 4.47. The lowest BCUT2D eigenvalue weighted by molar-refractivity contribution is 0.629. The second-order valence-corrected chi connectivity index (χ2v) is 5.72. The molecule has 4 nitrogen and oxygen atoms in total. The van der Waals surface area contributed by atoms with E-state index in [9.17, 15) is 4.39 Å². The predicted molar refractivity (Wildman–Crippen MR) is 84.6 cm³/mol. The average Bonchev–Trinajstić information content (AvgIpc) is 3.16. The Balaban J connectivity index is 1.79. The van der Waals surface area contributed by atoms with Gasteiger partial charge in [-0.2, -0.15) is 5.10 Å². The Hall–Kier alpha value is -2.43. The number of nitrogens with zero attached hydrogens (tertiary/aromatic N) is 4. The Morgan fingerprint density at radius 3 is 2.73 bits per heavy atom. The van der Waals surface area contributed by atoms with E-state index in [2.05, 4.69) is 15.0 Å². The largest absolute Gasteiger partial charge is 0.371 e. The van der Waals surface area contributed by atoms with Gasteiger partial charge in [-0.1, -0.05) is 0 Å². The molecule has 0 N–H and O–H groups in total. The zero-order valence-corrected chi connectivity index (χ0v) is 12.5. The highest BCUT2D eigenvalue weighted by Gasteiger charge is 2.18. The molecule has 0 amide bonds. The summed E-state index contributed by atoms with van der Waals surface area (Å²) < 4.78 is 16.3. The lowest BCUT2D eigenvalue weighted by Crippen LogP contribution is -2.17. The van der Waals surface area contributed by atoms with Crippen LogP contribution < -0.4 is 4.90 Å². The molecule has 4 rings (SSSR count). The number of anilines is 1. The molecule has 2 aromatic heterocycles. The maximum atomic E-state index is 14.6. The van der Waals surface area contributed by atoms with Crippen molar-refractivity contribution < 1.29 is 4.39 Å². The molecule has 1 aromatic carbocycles. The van der Waals surface area contributed by atoms with Crippen LogP contribution in [-0.2, 0) is 0 Å². The van der Waals surface area contributed by atoms with Gasteiger partial charge in [-0.05, 0) is 44.0 Å². The van der Waals surface area contributed by atoms with Gasteiger partial charge in [0.05, 0.1) is 0 Å². The third-order valence-corrected chi connectivity index (χ3v) is 4.30. The molecule has 112 valence electrons. The van der Waals surface area contributed by atoms with Crippen LogP contribution in [0, 0.1) is 12.7 Å². The molecule has 0 saturated carbocycles. The summed E-state index contributed by atoms with van der Waals surface area (Å²) >= 11 is 0. The van der Waals surface area contributed by atoms with E-state index in [1.165, 1.54) is 12.8 Å². The number of halogens is 1. The SMILES string of the molecule is Cc1c(-c2ccc(N3CCCC3)cc2F)nn2cccnc12. The van der Waals surface area contributed by atoms with Crippen LogP contribution in [0.25, 0.3) is 16.9 Å². The van der Waals surface area contributed by atoms with Gasteiger partial charge in [0.25, 0.3) is 0 Å². The highest BCUT2D eigenvalue weighted by molar-refractivity contribution is 5.72. The predicted octanol–water partition coefficient (Wildman–Crippen LogP) is 3.44. The van der Waals surface area contributed by atoms with E-state index in [1.54, 1.807) is 16.8 Å². The molecule has 0 spiro atoms. The third-order valence-electron chi connectivity index (χ3n) is 4.30. The monoisotopic (exact) mass is 296 g/mol. The van der Waals surface area contributed by atoms with E-state index in [1.807, 2.05) is 31.3 Å². The summed E-state index contributed by atoms with van der Waals surface area (Å²) in [6, 6.07) is 7.26. The molecule has 1 fully saturated rings. The number of aromatic nitrogens is 3. The van der Waals surface area contributed by atoms with Crippen LogP contribution >= 0.6 is 0 Å². The standard InChI is InChI=1S/C17H17FN4/c1-12-16(20-22-10-4-7-19-17(12)22)14-6-5-13(11-15(14)18)21-8-2-3-9-21/h4-7,10-11H,2-3,8-9H2,1H3. The maximum Gasteiger partial charge on any atom is 0.158 e.